The van der Waals surface area contributed by atoms with Gasteiger partial charge in [-0.2, -0.15) is 0 Å². The number of piperidine rings is 1. The molecule has 1 fully saturated rings. The number of anilines is 1. The topological polar surface area (TPSA) is 90.3 Å². The van der Waals surface area contributed by atoms with Crippen LogP contribution in [0.1, 0.15) is 47.4 Å². The van der Waals surface area contributed by atoms with E-state index >= 15 is 0 Å². The highest BCUT2D eigenvalue weighted by molar-refractivity contribution is 5.47. The van der Waals surface area contributed by atoms with Gasteiger partial charge in [0.2, 0.25) is 11.8 Å². The molecule has 7 nitrogen and oxygen atoms in total. The quantitative estimate of drug-likeness (QED) is 0.615. The largest absolute Gasteiger partial charge is 0.422 e. The molecule has 29 heavy (non-hydrogen) atoms. The van der Waals surface area contributed by atoms with E-state index in [1.165, 1.54) is 0 Å². The first-order chi connectivity index (χ1) is 14.2. The standard InChI is InChI=1S/C22H27N5O2/c1-16-5-6-20(23)18(12-16)14-28-15-21-25-26-22(29-21)17-7-10-27(11-8-17)13-19-4-2-3-9-24-19/h2-6,9,12,17H,7-8,10-11,13-15,23H2,1H3. The van der Waals surface area contributed by atoms with Gasteiger partial charge in [-0.25, -0.2) is 0 Å². The van der Waals surface area contributed by atoms with Crippen LogP contribution >= 0.6 is 0 Å². The molecule has 2 N–H and O–H groups in total. The van der Waals surface area contributed by atoms with Gasteiger partial charge in [0, 0.05) is 29.9 Å². The first-order valence-electron chi connectivity index (χ1n) is 10.0. The van der Waals surface area contributed by atoms with Gasteiger partial charge in [0.25, 0.3) is 0 Å². The Morgan fingerprint density at radius 2 is 2.00 bits per heavy atom. The van der Waals surface area contributed by atoms with Crippen LogP contribution in [0.5, 0.6) is 0 Å². The van der Waals surface area contributed by atoms with Crippen LogP contribution in [-0.2, 0) is 24.5 Å². The number of benzene rings is 1. The molecule has 0 spiro atoms. The second kappa shape index (κ2) is 9.15. The summed E-state index contributed by atoms with van der Waals surface area (Å²) in [6, 6.07) is 12.0. The van der Waals surface area contributed by atoms with Crippen molar-refractivity contribution in [1.29, 1.82) is 0 Å². The average molecular weight is 393 g/mol. The number of ether oxygens (including phenoxy) is 1. The highest BCUT2D eigenvalue weighted by Gasteiger charge is 2.25. The summed E-state index contributed by atoms with van der Waals surface area (Å²) in [6.45, 7) is 5.65. The Hall–Kier alpha value is -2.77. The van der Waals surface area contributed by atoms with Gasteiger partial charge in [-0.05, 0) is 51.1 Å². The number of aromatic nitrogens is 3. The third-order valence-corrected chi connectivity index (χ3v) is 5.31. The smallest absolute Gasteiger partial charge is 0.242 e. The van der Waals surface area contributed by atoms with Gasteiger partial charge < -0.3 is 14.9 Å². The molecule has 0 aliphatic carbocycles. The van der Waals surface area contributed by atoms with Crippen LogP contribution in [0.25, 0.3) is 0 Å². The van der Waals surface area contributed by atoms with E-state index in [0.29, 0.717) is 25.0 Å². The zero-order valence-corrected chi connectivity index (χ0v) is 16.8. The molecule has 3 heterocycles. The molecule has 1 aliphatic heterocycles. The molecular weight excluding hydrogens is 366 g/mol. The van der Waals surface area contributed by atoms with Gasteiger partial charge in [-0.1, -0.05) is 23.8 Å². The molecule has 0 unspecified atom stereocenters. The van der Waals surface area contributed by atoms with Gasteiger partial charge >= 0.3 is 0 Å². The minimum Gasteiger partial charge on any atom is -0.422 e. The fourth-order valence-corrected chi connectivity index (χ4v) is 3.66. The molecule has 152 valence electrons. The number of aryl methyl sites for hydroxylation is 1. The Morgan fingerprint density at radius 1 is 1.14 bits per heavy atom. The summed E-state index contributed by atoms with van der Waals surface area (Å²) >= 11 is 0. The van der Waals surface area contributed by atoms with Gasteiger partial charge in [-0.3, -0.25) is 9.88 Å². The number of nitrogens with two attached hydrogens (primary N) is 1. The predicted octanol–water partition coefficient (Wildman–Crippen LogP) is 3.45. The molecule has 4 rings (SSSR count). The highest BCUT2D eigenvalue weighted by atomic mass is 16.5. The van der Waals surface area contributed by atoms with Crippen LogP contribution in [-0.4, -0.2) is 33.2 Å². The number of nitrogen functional groups attached to an aromatic ring is 1. The highest BCUT2D eigenvalue weighted by Crippen LogP contribution is 2.27. The van der Waals surface area contributed by atoms with E-state index < -0.39 is 0 Å². The van der Waals surface area contributed by atoms with Crippen molar-refractivity contribution in [2.45, 2.75) is 45.4 Å². The lowest BCUT2D eigenvalue weighted by Gasteiger charge is -2.29. The number of hydrogen-bond donors (Lipinski definition) is 1. The van der Waals surface area contributed by atoms with Gasteiger partial charge in [-0.15, -0.1) is 10.2 Å². The maximum Gasteiger partial charge on any atom is 0.242 e. The Labute approximate surface area is 170 Å². The molecule has 0 bridgehead atoms. The summed E-state index contributed by atoms with van der Waals surface area (Å²) < 4.78 is 11.6. The lowest BCUT2D eigenvalue weighted by Crippen LogP contribution is -2.32. The van der Waals surface area contributed by atoms with Crippen LogP contribution in [0.15, 0.2) is 47.0 Å². The monoisotopic (exact) mass is 393 g/mol. The molecule has 1 aromatic carbocycles. The van der Waals surface area contributed by atoms with E-state index in [4.69, 9.17) is 14.9 Å². The van der Waals surface area contributed by atoms with E-state index in [1.54, 1.807) is 0 Å². The molecule has 0 amide bonds. The Kier molecular flexibility index (Phi) is 6.17. The predicted molar refractivity (Wildman–Crippen MR) is 110 cm³/mol. The normalized spacial score (nSPS) is 15.6. The lowest BCUT2D eigenvalue weighted by atomic mass is 9.97. The number of nitrogens with zero attached hydrogens (tertiary/aromatic N) is 4. The molecular formula is C22H27N5O2. The third-order valence-electron chi connectivity index (χ3n) is 5.31. The van der Waals surface area contributed by atoms with Gasteiger partial charge in [0.1, 0.15) is 6.61 Å². The summed E-state index contributed by atoms with van der Waals surface area (Å²) in [5.74, 6) is 1.54. The number of pyridine rings is 1. The summed E-state index contributed by atoms with van der Waals surface area (Å²) in [6.07, 6.45) is 3.86. The SMILES string of the molecule is Cc1ccc(N)c(COCc2nnc(C3CCN(Cc4ccccn4)CC3)o2)c1. The van der Waals surface area contributed by atoms with Crippen LogP contribution in [0.2, 0.25) is 0 Å². The number of likely N-dealkylation sites (tertiary alicyclic amines) is 1. The maximum absolute atomic E-state index is 5.99. The summed E-state index contributed by atoms with van der Waals surface area (Å²) in [5, 5.41) is 8.41. The van der Waals surface area contributed by atoms with Crippen molar-refractivity contribution in [1.82, 2.24) is 20.1 Å². The van der Waals surface area contributed by atoms with Crippen LogP contribution in [0.4, 0.5) is 5.69 Å². The fraction of sp³-hybridized carbons (Fsp3) is 0.409. The Balaban J connectivity index is 1.25. The first kappa shape index (κ1) is 19.5. The lowest BCUT2D eigenvalue weighted by molar-refractivity contribution is 0.0879. The van der Waals surface area contributed by atoms with Crippen LogP contribution < -0.4 is 5.73 Å². The second-order valence-electron chi connectivity index (χ2n) is 7.60. The van der Waals surface area contributed by atoms with Crippen molar-refractivity contribution in [2.75, 3.05) is 18.8 Å². The maximum atomic E-state index is 5.99. The average Bonchev–Trinajstić information content (AvgIpc) is 3.21. The van der Waals surface area contributed by atoms with Gasteiger partial charge in [0.15, 0.2) is 0 Å². The molecule has 0 saturated carbocycles. The van der Waals surface area contributed by atoms with E-state index in [1.807, 2.05) is 43.5 Å². The van der Waals surface area contributed by atoms with Crippen molar-refractivity contribution < 1.29 is 9.15 Å². The van der Waals surface area contributed by atoms with E-state index in [0.717, 1.165) is 60.9 Å². The van der Waals surface area contributed by atoms with E-state index in [2.05, 4.69) is 26.1 Å². The Bertz CT molecular complexity index is 920. The zero-order chi connectivity index (χ0) is 20.1. The number of hydrogen-bond acceptors (Lipinski definition) is 7. The van der Waals surface area contributed by atoms with Crippen molar-refractivity contribution in [2.24, 2.45) is 0 Å². The van der Waals surface area contributed by atoms with Gasteiger partial charge in [0.05, 0.1) is 12.3 Å². The second-order valence-corrected chi connectivity index (χ2v) is 7.60. The fourth-order valence-electron chi connectivity index (χ4n) is 3.66. The molecule has 3 aromatic rings. The first-order valence-corrected chi connectivity index (χ1v) is 10.0. The van der Waals surface area contributed by atoms with E-state index in [-0.39, 0.29) is 0 Å². The van der Waals surface area contributed by atoms with Crippen LogP contribution in [0.3, 0.4) is 0 Å². The molecule has 0 atom stereocenters. The summed E-state index contributed by atoms with van der Waals surface area (Å²) in [4.78, 5) is 6.83. The van der Waals surface area contributed by atoms with E-state index in [9.17, 15) is 0 Å². The van der Waals surface area contributed by atoms with Crippen molar-refractivity contribution in [3.8, 4) is 0 Å². The van der Waals surface area contributed by atoms with Crippen molar-refractivity contribution >= 4 is 5.69 Å². The summed E-state index contributed by atoms with van der Waals surface area (Å²) in [7, 11) is 0. The Morgan fingerprint density at radius 3 is 2.79 bits per heavy atom. The zero-order valence-electron chi connectivity index (χ0n) is 16.8. The molecule has 1 saturated heterocycles. The van der Waals surface area contributed by atoms with Crippen molar-refractivity contribution in [3.63, 3.8) is 0 Å². The molecule has 7 heteroatoms. The van der Waals surface area contributed by atoms with Crippen molar-refractivity contribution in [3.05, 3.63) is 71.2 Å². The molecule has 2 aromatic heterocycles. The molecule has 0 radical (unpaired) electrons. The summed E-state index contributed by atoms with van der Waals surface area (Å²) in [5.41, 5.74) is 9.97. The number of rotatable bonds is 7. The van der Waals surface area contributed by atoms with Crippen LogP contribution in [0, 0.1) is 6.92 Å². The molecule has 1 aliphatic rings. The third kappa shape index (κ3) is 5.19. The minimum absolute atomic E-state index is 0.291. The minimum atomic E-state index is 0.291.